The maximum atomic E-state index is 11.1. The second-order valence-corrected chi connectivity index (χ2v) is 4.95. The molecule has 1 unspecified atom stereocenters. The first kappa shape index (κ1) is 10.7. The lowest BCUT2D eigenvalue weighted by Gasteiger charge is -2.43. The lowest BCUT2D eigenvalue weighted by Crippen LogP contribution is -2.43. The molecule has 15 heavy (non-hydrogen) atoms. The number of hydrogen-bond acceptors (Lipinski definition) is 2. The Bertz CT molecular complexity index is 379. The number of hydrogen-bond donors (Lipinski definition) is 1. The zero-order valence-corrected chi connectivity index (χ0v) is 10.1. The maximum absolute atomic E-state index is 11.1. The molecule has 0 amide bonds. The Morgan fingerprint density at radius 3 is 2.60 bits per heavy atom. The van der Waals surface area contributed by atoms with E-state index in [-0.39, 0.29) is 11.3 Å². The molecule has 0 saturated heterocycles. The average Bonchev–Trinajstić information content (AvgIpc) is 2.50. The molecule has 1 aliphatic carbocycles. The molecule has 0 aromatic carbocycles. The van der Waals surface area contributed by atoms with Crippen molar-refractivity contribution in [2.24, 2.45) is 5.92 Å². The van der Waals surface area contributed by atoms with E-state index < -0.39 is 5.97 Å². The predicted molar refractivity (Wildman–Crippen MR) is 58.7 cm³/mol. The van der Waals surface area contributed by atoms with Crippen LogP contribution in [0.4, 0.5) is 0 Å². The van der Waals surface area contributed by atoms with Crippen LogP contribution in [-0.2, 0) is 10.2 Å². The van der Waals surface area contributed by atoms with Crippen LogP contribution >= 0.6 is 15.9 Å². The average molecular weight is 273 g/mol. The highest BCUT2D eigenvalue weighted by Gasteiger charge is 2.48. The number of rotatable bonds is 3. The Kier molecular flexibility index (Phi) is 2.63. The van der Waals surface area contributed by atoms with Gasteiger partial charge in [0.05, 0.1) is 5.92 Å². The summed E-state index contributed by atoms with van der Waals surface area (Å²) in [5.74, 6) is -0.331. The summed E-state index contributed by atoms with van der Waals surface area (Å²) in [4.78, 5) is 11.1. The van der Waals surface area contributed by atoms with Crippen LogP contribution in [0.1, 0.15) is 31.9 Å². The van der Waals surface area contributed by atoms with E-state index in [1.165, 1.54) is 0 Å². The van der Waals surface area contributed by atoms with Gasteiger partial charge in [-0.2, -0.15) is 0 Å². The van der Waals surface area contributed by atoms with Crippen molar-refractivity contribution in [1.29, 1.82) is 0 Å². The summed E-state index contributed by atoms with van der Waals surface area (Å²) in [6.45, 7) is 1.76. The van der Waals surface area contributed by atoms with Gasteiger partial charge in [0.1, 0.15) is 5.76 Å². The summed E-state index contributed by atoms with van der Waals surface area (Å²) in [5, 5.41) is 9.10. The van der Waals surface area contributed by atoms with Crippen LogP contribution in [-0.4, -0.2) is 11.1 Å². The monoisotopic (exact) mass is 272 g/mol. The topological polar surface area (TPSA) is 50.4 Å². The highest BCUT2D eigenvalue weighted by atomic mass is 79.9. The van der Waals surface area contributed by atoms with E-state index >= 15 is 0 Å². The molecule has 82 valence electrons. The maximum Gasteiger partial charge on any atom is 0.307 e. The van der Waals surface area contributed by atoms with E-state index in [2.05, 4.69) is 15.9 Å². The van der Waals surface area contributed by atoms with Gasteiger partial charge in [-0.3, -0.25) is 4.79 Å². The number of aliphatic carboxylic acids is 1. The van der Waals surface area contributed by atoms with Crippen molar-refractivity contribution < 1.29 is 14.3 Å². The third-order valence-corrected chi connectivity index (χ3v) is 3.94. The first-order valence-corrected chi connectivity index (χ1v) is 5.84. The lowest BCUT2D eigenvalue weighted by molar-refractivity contribution is -0.145. The Labute approximate surface area is 96.6 Å². The summed E-state index contributed by atoms with van der Waals surface area (Å²) in [5.41, 5.74) is -0.280. The van der Waals surface area contributed by atoms with Gasteiger partial charge in [0, 0.05) is 5.41 Å². The van der Waals surface area contributed by atoms with Crippen LogP contribution in [0.3, 0.4) is 0 Å². The quantitative estimate of drug-likeness (QED) is 0.920. The molecule has 3 nitrogen and oxygen atoms in total. The normalized spacial score (nSPS) is 20.7. The predicted octanol–water partition coefficient (Wildman–Crippen LogP) is 3.18. The van der Waals surface area contributed by atoms with Crippen LogP contribution in [0, 0.1) is 5.92 Å². The van der Waals surface area contributed by atoms with Crippen LogP contribution in [0.5, 0.6) is 0 Å². The van der Waals surface area contributed by atoms with Crippen LogP contribution in [0.25, 0.3) is 0 Å². The van der Waals surface area contributed by atoms with Gasteiger partial charge in [0.2, 0.25) is 0 Å². The number of furan rings is 1. The molecule has 2 rings (SSSR count). The highest BCUT2D eigenvalue weighted by Crippen LogP contribution is 2.50. The summed E-state index contributed by atoms with van der Waals surface area (Å²) >= 11 is 3.25. The molecular formula is C11H13BrO3. The smallest absolute Gasteiger partial charge is 0.307 e. The molecule has 1 N–H and O–H groups in total. The third-order valence-electron chi connectivity index (χ3n) is 3.51. The Morgan fingerprint density at radius 1 is 1.60 bits per heavy atom. The molecule has 0 bridgehead atoms. The summed E-state index contributed by atoms with van der Waals surface area (Å²) < 4.78 is 6.18. The minimum Gasteiger partial charge on any atom is -0.481 e. The van der Waals surface area contributed by atoms with Crippen LogP contribution in [0.15, 0.2) is 21.2 Å². The molecule has 1 aromatic rings. The van der Waals surface area contributed by atoms with Crippen molar-refractivity contribution in [2.45, 2.75) is 31.6 Å². The molecule has 1 atom stereocenters. The van der Waals surface area contributed by atoms with E-state index in [9.17, 15) is 4.79 Å². The van der Waals surface area contributed by atoms with Gasteiger partial charge in [-0.1, -0.05) is 13.3 Å². The molecule has 4 heteroatoms. The fourth-order valence-corrected chi connectivity index (χ4v) is 2.58. The fraction of sp³-hybridized carbons (Fsp3) is 0.545. The van der Waals surface area contributed by atoms with Crippen molar-refractivity contribution in [3.05, 3.63) is 22.6 Å². The Morgan fingerprint density at radius 2 is 2.27 bits per heavy atom. The molecule has 1 fully saturated rings. The van der Waals surface area contributed by atoms with Gasteiger partial charge >= 0.3 is 5.97 Å². The first-order chi connectivity index (χ1) is 7.06. The minimum atomic E-state index is -0.748. The van der Waals surface area contributed by atoms with Crippen molar-refractivity contribution >= 4 is 21.9 Å². The molecule has 1 aliphatic rings. The summed E-state index contributed by atoms with van der Waals surface area (Å²) in [6.07, 6.45) is 2.89. The highest BCUT2D eigenvalue weighted by molar-refractivity contribution is 9.10. The zero-order chi connectivity index (χ0) is 11.1. The van der Waals surface area contributed by atoms with E-state index in [1.54, 1.807) is 6.92 Å². The molecule has 0 radical (unpaired) electrons. The number of carbonyl (C=O) groups is 1. The molecule has 0 spiro atoms. The minimum absolute atomic E-state index is 0.280. The number of halogens is 1. The first-order valence-electron chi connectivity index (χ1n) is 5.05. The second-order valence-electron chi connectivity index (χ2n) is 4.17. The third kappa shape index (κ3) is 1.61. The van der Waals surface area contributed by atoms with Crippen LogP contribution < -0.4 is 0 Å². The van der Waals surface area contributed by atoms with Gasteiger partial charge in [-0.15, -0.1) is 0 Å². The van der Waals surface area contributed by atoms with Gasteiger partial charge < -0.3 is 9.52 Å². The largest absolute Gasteiger partial charge is 0.481 e. The summed E-state index contributed by atoms with van der Waals surface area (Å²) in [6, 6.07) is 3.70. The number of carboxylic acid groups (broad SMARTS) is 1. The Balaban J connectivity index is 2.33. The molecular weight excluding hydrogens is 260 g/mol. The lowest BCUT2D eigenvalue weighted by atomic mass is 9.60. The summed E-state index contributed by atoms with van der Waals surface area (Å²) in [7, 11) is 0. The van der Waals surface area contributed by atoms with Gasteiger partial charge in [-0.05, 0) is 40.9 Å². The zero-order valence-electron chi connectivity index (χ0n) is 8.50. The van der Waals surface area contributed by atoms with Crippen molar-refractivity contribution in [1.82, 2.24) is 0 Å². The van der Waals surface area contributed by atoms with Crippen LogP contribution in [0.2, 0.25) is 0 Å². The van der Waals surface area contributed by atoms with E-state index in [0.29, 0.717) is 4.67 Å². The Hall–Kier alpha value is -0.770. The van der Waals surface area contributed by atoms with E-state index in [1.807, 2.05) is 12.1 Å². The standard InChI is InChI=1S/C11H13BrO3/c1-7(10(13)14)11(5-2-6-11)8-3-4-9(12)15-8/h3-4,7H,2,5-6H2,1H3,(H,13,14). The van der Waals surface area contributed by atoms with Gasteiger partial charge in [0.15, 0.2) is 4.67 Å². The fourth-order valence-electron chi connectivity index (χ4n) is 2.27. The van der Waals surface area contributed by atoms with Crippen molar-refractivity contribution in [2.75, 3.05) is 0 Å². The number of carboxylic acids is 1. The molecule has 0 aliphatic heterocycles. The van der Waals surface area contributed by atoms with E-state index in [4.69, 9.17) is 9.52 Å². The van der Waals surface area contributed by atoms with Gasteiger partial charge in [-0.25, -0.2) is 0 Å². The molecule has 1 aromatic heterocycles. The molecule has 1 heterocycles. The molecule has 1 saturated carbocycles. The SMILES string of the molecule is CC(C(=O)O)C1(c2ccc(Br)o2)CCC1. The van der Waals surface area contributed by atoms with Crippen molar-refractivity contribution in [3.63, 3.8) is 0 Å². The van der Waals surface area contributed by atoms with Gasteiger partial charge in [0.25, 0.3) is 0 Å². The second kappa shape index (κ2) is 3.67. The van der Waals surface area contributed by atoms with Crippen molar-refractivity contribution in [3.8, 4) is 0 Å². The van der Waals surface area contributed by atoms with E-state index in [0.717, 1.165) is 25.0 Å².